The minimum absolute atomic E-state index is 0. The van der Waals surface area contributed by atoms with E-state index in [2.05, 4.69) is 105 Å². The molecule has 2 unspecified atom stereocenters. The van der Waals surface area contributed by atoms with Crippen molar-refractivity contribution in [1.82, 2.24) is 0 Å². The molecule has 0 spiro atoms. The van der Waals surface area contributed by atoms with Gasteiger partial charge in [0.25, 0.3) is 0 Å². The third-order valence-corrected chi connectivity index (χ3v) is 24.7. The van der Waals surface area contributed by atoms with Crippen molar-refractivity contribution in [2.75, 3.05) is 0 Å². The van der Waals surface area contributed by atoms with E-state index in [0.29, 0.717) is 9.54 Å². The molecule has 160 valence electrons. The van der Waals surface area contributed by atoms with Gasteiger partial charge in [-0.05, 0) is 0 Å². The van der Waals surface area contributed by atoms with E-state index in [1.807, 2.05) is 0 Å². The first-order valence-electron chi connectivity index (χ1n) is 10.4. The zero-order valence-corrected chi connectivity index (χ0v) is 24.5. The molecule has 2 aromatic carbocycles. The second kappa shape index (κ2) is 8.70. The number of fused-ring (bicyclic) bond motifs is 1. The van der Waals surface area contributed by atoms with Gasteiger partial charge in [0.2, 0.25) is 0 Å². The minimum Gasteiger partial charge on any atom is -0.147 e. The molecule has 30 heavy (non-hydrogen) atoms. The number of benzene rings is 2. The molecule has 0 saturated carbocycles. The summed E-state index contributed by atoms with van der Waals surface area (Å²) in [6.45, 7) is 11.9. The normalized spacial score (nSPS) is 21.1. The Balaban J connectivity index is 0.00000160. The molecule has 0 radical (unpaired) electrons. The van der Waals surface area contributed by atoms with Crippen molar-refractivity contribution < 1.29 is 17.4 Å². The summed E-state index contributed by atoms with van der Waals surface area (Å²) >= 11 is -3.30. The topological polar surface area (TPSA) is 0 Å². The molecule has 0 N–H and O–H groups in total. The van der Waals surface area contributed by atoms with Crippen LogP contribution in [0.5, 0.6) is 0 Å². The molecule has 4 rings (SSSR count). The summed E-state index contributed by atoms with van der Waals surface area (Å²) in [7, 11) is 0. The maximum Gasteiger partial charge on any atom is -0.147 e. The second-order valence-electron chi connectivity index (χ2n) is 9.91. The van der Waals surface area contributed by atoms with Gasteiger partial charge < -0.3 is 0 Å². The Bertz CT molecular complexity index is 1130. The summed E-state index contributed by atoms with van der Waals surface area (Å²) in [4.78, 5) is 0. The van der Waals surface area contributed by atoms with Gasteiger partial charge >= 0.3 is 174 Å². The zero-order valence-electron chi connectivity index (χ0n) is 19.0. The van der Waals surface area contributed by atoms with Gasteiger partial charge in [0, 0.05) is 0 Å². The van der Waals surface area contributed by atoms with Gasteiger partial charge in [0.15, 0.2) is 0 Å². The predicted octanol–water partition coefficient (Wildman–Crippen LogP) is 7.72. The fraction of sp³-hybridized carbons (Fsp3) is 0.308. The summed E-state index contributed by atoms with van der Waals surface area (Å²) in [6, 6.07) is 20.1. The van der Waals surface area contributed by atoms with Gasteiger partial charge in [0.1, 0.15) is 0 Å². The molecule has 2 aromatic rings. The molecular weight excluding hydrogens is 503 g/mol. The zero-order chi connectivity index (χ0) is 20.3. The summed E-state index contributed by atoms with van der Waals surface area (Å²) in [6.07, 6.45) is 2.53. The Morgan fingerprint density at radius 2 is 1.37 bits per heavy atom. The van der Waals surface area contributed by atoms with E-state index in [1.165, 1.54) is 22.3 Å². The van der Waals surface area contributed by atoms with E-state index >= 15 is 0 Å². The van der Waals surface area contributed by atoms with Gasteiger partial charge in [-0.1, -0.05) is 0 Å². The molecule has 0 aliphatic heterocycles. The smallest absolute Gasteiger partial charge is 0.147 e. The SMILES string of the molecule is CC1=[C]([Zr]([CH3])([CH3])(=[SiH2])[CH]2C(C)=C(C)c3ccccc32)C(C)C=C1c1ccccc1.Cl.Cl. The fourth-order valence-electron chi connectivity index (χ4n) is 6.34. The van der Waals surface area contributed by atoms with Crippen LogP contribution in [-0.2, 0) is 17.4 Å². The molecule has 0 nitrogen and oxygen atoms in total. The van der Waals surface area contributed by atoms with Gasteiger partial charge in [-0.3, -0.25) is 0 Å². The van der Waals surface area contributed by atoms with Gasteiger partial charge in [-0.25, -0.2) is 0 Å². The van der Waals surface area contributed by atoms with E-state index in [4.69, 9.17) is 0 Å². The molecule has 2 aliphatic rings. The first kappa shape index (κ1) is 25.6. The second-order valence-corrected chi connectivity index (χ2v) is 39.3. The van der Waals surface area contributed by atoms with Crippen LogP contribution in [0.1, 0.15) is 48.0 Å². The molecular formula is C26H34Cl2SiZr. The van der Waals surface area contributed by atoms with Crippen molar-refractivity contribution in [2.24, 2.45) is 5.92 Å². The predicted molar refractivity (Wildman–Crippen MR) is 139 cm³/mol. The molecule has 0 amide bonds. The molecule has 0 fully saturated rings. The average molecular weight is 537 g/mol. The van der Waals surface area contributed by atoms with E-state index < -0.39 is 17.4 Å². The van der Waals surface area contributed by atoms with Crippen LogP contribution in [0.15, 0.2) is 75.1 Å². The average Bonchev–Trinajstić information content (AvgIpc) is 3.10. The fourth-order valence-corrected chi connectivity index (χ4v) is 27.9. The summed E-state index contributed by atoms with van der Waals surface area (Å²) in [5.74, 6) is 0.536. The minimum atomic E-state index is -3.30. The number of hydrogen-bond donors (Lipinski definition) is 0. The maximum absolute atomic E-state index is 3.30. The van der Waals surface area contributed by atoms with E-state index in [-0.39, 0.29) is 24.8 Å². The molecule has 0 aromatic heterocycles. The first-order chi connectivity index (χ1) is 13.1. The molecule has 0 bridgehead atoms. The van der Waals surface area contributed by atoms with Crippen LogP contribution in [0.25, 0.3) is 11.1 Å². The Morgan fingerprint density at radius 3 is 2.00 bits per heavy atom. The number of hydrogen-bond acceptors (Lipinski definition) is 0. The van der Waals surface area contributed by atoms with Gasteiger partial charge in [-0.2, -0.15) is 0 Å². The standard InChI is InChI=1S/C13H13.C11H11.2CH3.2ClH.H2Si.Zr/c1-10-8-11(2)13(9-10)12-6-4-3-5-7-12;1-8-7-10-5-3-4-6-11(10)9(8)2;;;;;;/h3-7,9-10H,1-2H3;3-7H,1-2H3;2*1H3;2*1H;1H2;. The largest absolute Gasteiger partial charge is 0.147 e. The summed E-state index contributed by atoms with van der Waals surface area (Å²) in [5.41, 5.74) is 10.6. The Morgan fingerprint density at radius 1 is 0.800 bits per heavy atom. The molecule has 0 saturated heterocycles. The Labute approximate surface area is 197 Å². The van der Waals surface area contributed by atoms with E-state index in [0.717, 1.165) is 0 Å². The number of allylic oxidation sites excluding steroid dienone is 6. The van der Waals surface area contributed by atoms with Crippen LogP contribution in [0.3, 0.4) is 0 Å². The van der Waals surface area contributed by atoms with Crippen LogP contribution in [0, 0.1) is 5.92 Å². The number of halogens is 2. The van der Waals surface area contributed by atoms with Crippen LogP contribution in [0.2, 0.25) is 9.26 Å². The van der Waals surface area contributed by atoms with Crippen LogP contribution in [0.4, 0.5) is 0 Å². The monoisotopic (exact) mass is 534 g/mol. The van der Waals surface area contributed by atoms with E-state index in [9.17, 15) is 0 Å². The third-order valence-electron chi connectivity index (χ3n) is 7.28. The number of rotatable bonds is 3. The Kier molecular flexibility index (Phi) is 7.43. The van der Waals surface area contributed by atoms with Crippen molar-refractivity contribution in [3.05, 3.63) is 91.8 Å². The molecule has 2 aliphatic carbocycles. The van der Waals surface area contributed by atoms with Crippen molar-refractivity contribution in [2.45, 2.75) is 40.6 Å². The molecule has 2 atom stereocenters. The maximum atomic E-state index is 2.69. The van der Waals surface area contributed by atoms with Crippen molar-refractivity contribution in [1.29, 1.82) is 0 Å². The van der Waals surface area contributed by atoms with Crippen molar-refractivity contribution >= 4 is 42.8 Å². The molecule has 4 heteroatoms. The summed E-state index contributed by atoms with van der Waals surface area (Å²) < 4.78 is 7.81. The van der Waals surface area contributed by atoms with Crippen LogP contribution in [-0.4, -0.2) is 6.88 Å². The van der Waals surface area contributed by atoms with Crippen molar-refractivity contribution in [3.8, 4) is 0 Å². The van der Waals surface area contributed by atoms with Crippen LogP contribution < -0.4 is 0 Å². The first-order valence-corrected chi connectivity index (χ1v) is 23.9. The van der Waals surface area contributed by atoms with Gasteiger partial charge in [-0.15, -0.1) is 24.8 Å². The summed E-state index contributed by atoms with van der Waals surface area (Å²) in [5, 5.41) is 0. The third kappa shape index (κ3) is 3.83. The van der Waals surface area contributed by atoms with Crippen molar-refractivity contribution in [3.63, 3.8) is 0 Å². The van der Waals surface area contributed by atoms with Gasteiger partial charge in [0.05, 0.1) is 0 Å². The van der Waals surface area contributed by atoms with Crippen LogP contribution >= 0.6 is 24.8 Å². The molecule has 0 heterocycles. The quantitative estimate of drug-likeness (QED) is 0.352. The Hall–Kier alpha value is -0.660. The van der Waals surface area contributed by atoms with E-state index in [1.54, 1.807) is 20.0 Å².